The van der Waals surface area contributed by atoms with Crippen molar-refractivity contribution >= 4 is 34.6 Å². The number of nitrogens with zero attached hydrogens (tertiary/aromatic N) is 6. The number of nitrogen functional groups attached to an aromatic ring is 1. The van der Waals surface area contributed by atoms with Crippen LogP contribution in [0.1, 0.15) is 63.5 Å². The summed E-state index contributed by atoms with van der Waals surface area (Å²) < 4.78 is 7.56. The first-order valence-electron chi connectivity index (χ1n) is 12.5. The Morgan fingerprint density at radius 2 is 1.97 bits per heavy atom. The number of nitrogens with one attached hydrogen (secondary N) is 2. The van der Waals surface area contributed by atoms with Crippen LogP contribution in [0.25, 0.3) is 11.0 Å². The van der Waals surface area contributed by atoms with Gasteiger partial charge in [-0.15, -0.1) is 0 Å². The van der Waals surface area contributed by atoms with Crippen molar-refractivity contribution in [1.29, 1.82) is 5.26 Å². The third kappa shape index (κ3) is 5.85. The number of aryl methyl sites for hydroxylation is 2. The fourth-order valence-electron chi connectivity index (χ4n) is 4.50. The molecule has 1 aliphatic heterocycles. The predicted octanol–water partition coefficient (Wildman–Crippen LogP) is 4.11. The van der Waals surface area contributed by atoms with E-state index in [1.807, 2.05) is 51.6 Å². The van der Waals surface area contributed by atoms with E-state index in [0.717, 1.165) is 35.3 Å². The maximum absolute atomic E-state index is 12.5. The monoisotopic (exact) mass is 505 g/mol. The minimum absolute atomic E-state index is 0.104. The Balaban J connectivity index is 1.57. The lowest BCUT2D eigenvalue weighted by molar-refractivity contribution is 0.0210. The first kappa shape index (κ1) is 26.0. The number of carbonyl (C=O) groups excluding carboxylic acids is 1. The molecule has 1 aliphatic rings. The Morgan fingerprint density at radius 1 is 1.27 bits per heavy atom. The van der Waals surface area contributed by atoms with Gasteiger partial charge in [0.15, 0.2) is 0 Å². The van der Waals surface area contributed by atoms with Gasteiger partial charge in [0.1, 0.15) is 23.1 Å². The van der Waals surface area contributed by atoms with E-state index >= 15 is 0 Å². The van der Waals surface area contributed by atoms with Gasteiger partial charge in [-0.1, -0.05) is 0 Å². The van der Waals surface area contributed by atoms with E-state index in [4.69, 9.17) is 15.5 Å². The fourth-order valence-corrected chi connectivity index (χ4v) is 4.50. The van der Waals surface area contributed by atoms with Gasteiger partial charge in [-0.05, 0) is 59.6 Å². The summed E-state index contributed by atoms with van der Waals surface area (Å²) in [6.07, 6.45) is 3.27. The molecule has 196 valence electrons. The molecule has 37 heavy (non-hydrogen) atoms. The van der Waals surface area contributed by atoms with Crippen molar-refractivity contribution in [3.05, 3.63) is 35.3 Å². The number of aromatic nitrogens is 4. The largest absolute Gasteiger partial charge is 0.444 e. The van der Waals surface area contributed by atoms with Gasteiger partial charge in [0.2, 0.25) is 5.95 Å². The minimum atomic E-state index is -0.515. The average Bonchev–Trinajstić information content (AvgIpc) is 3.17. The molecule has 3 aromatic rings. The van der Waals surface area contributed by atoms with Crippen LogP contribution in [-0.4, -0.2) is 55.2 Å². The summed E-state index contributed by atoms with van der Waals surface area (Å²) in [6.45, 7) is 10.6. The first-order valence-corrected chi connectivity index (χ1v) is 12.5. The third-order valence-electron chi connectivity index (χ3n) is 6.39. The van der Waals surface area contributed by atoms with E-state index < -0.39 is 5.60 Å². The number of anilines is 3. The summed E-state index contributed by atoms with van der Waals surface area (Å²) >= 11 is 0. The van der Waals surface area contributed by atoms with Gasteiger partial charge in [0.25, 0.3) is 0 Å². The average molecular weight is 506 g/mol. The molecule has 0 aliphatic carbocycles. The molecule has 4 rings (SSSR count). The number of rotatable bonds is 5. The lowest BCUT2D eigenvalue weighted by atomic mass is 10.0. The molecule has 0 aromatic carbocycles. The van der Waals surface area contributed by atoms with E-state index in [2.05, 4.69) is 32.7 Å². The first-order chi connectivity index (χ1) is 17.4. The van der Waals surface area contributed by atoms with Crippen LogP contribution in [0.3, 0.4) is 0 Å². The quantitative estimate of drug-likeness (QED) is 0.466. The molecule has 3 aromatic heterocycles. The van der Waals surface area contributed by atoms with Crippen LogP contribution in [0.5, 0.6) is 0 Å². The van der Waals surface area contributed by atoms with Crippen molar-refractivity contribution in [3.8, 4) is 6.07 Å². The fraction of sp³-hybridized carbons (Fsp3) is 0.500. The highest BCUT2D eigenvalue weighted by Gasteiger charge is 2.28. The molecule has 0 bridgehead atoms. The summed E-state index contributed by atoms with van der Waals surface area (Å²) in [5, 5.41) is 16.6. The van der Waals surface area contributed by atoms with Gasteiger partial charge in [-0.2, -0.15) is 10.2 Å². The van der Waals surface area contributed by atoms with Crippen LogP contribution in [0.15, 0.2) is 18.3 Å². The van der Waals surface area contributed by atoms with E-state index in [9.17, 15) is 10.1 Å². The van der Waals surface area contributed by atoms with Crippen LogP contribution in [0.4, 0.5) is 22.2 Å². The SMILES string of the molecule is Cc1nc(N)nc(N[C@@H](C)c2nc3ccn(C)c3cc2NC2CCN(C(=O)OC(C)(C)C)CC2)c1C#N. The van der Waals surface area contributed by atoms with Crippen LogP contribution in [-0.2, 0) is 11.8 Å². The molecule has 1 saturated heterocycles. The summed E-state index contributed by atoms with van der Waals surface area (Å²) in [4.78, 5) is 27.5. The highest BCUT2D eigenvalue weighted by atomic mass is 16.6. The Morgan fingerprint density at radius 3 is 2.62 bits per heavy atom. The van der Waals surface area contributed by atoms with Gasteiger partial charge < -0.3 is 30.6 Å². The number of ether oxygens (including phenoxy) is 1. The molecule has 11 heteroatoms. The smallest absolute Gasteiger partial charge is 0.410 e. The van der Waals surface area contributed by atoms with Gasteiger partial charge in [0, 0.05) is 32.4 Å². The molecule has 0 spiro atoms. The van der Waals surface area contributed by atoms with Crippen molar-refractivity contribution in [2.45, 2.75) is 65.1 Å². The van der Waals surface area contributed by atoms with E-state index in [-0.39, 0.29) is 24.1 Å². The number of pyridine rings is 1. The lowest BCUT2D eigenvalue weighted by Gasteiger charge is -2.34. The number of likely N-dealkylation sites (tertiary alicyclic amines) is 1. The standard InChI is InChI=1S/C26H35N9O2/c1-15-18(14-27)23(33-24(28)30-15)29-16(2)22-20(13-21-19(32-22)9-10-34(21)6)31-17-7-11-35(12-8-17)25(36)37-26(3,4)5/h9-10,13,16-17,31H,7-8,11-12H2,1-6H3,(H3,28,29,30,33)/t16-/m0/s1. The molecule has 0 saturated carbocycles. The third-order valence-corrected chi connectivity index (χ3v) is 6.39. The maximum Gasteiger partial charge on any atom is 0.410 e. The van der Waals surface area contributed by atoms with Crippen molar-refractivity contribution in [2.24, 2.45) is 7.05 Å². The number of carbonyl (C=O) groups is 1. The summed E-state index contributed by atoms with van der Waals surface area (Å²) in [5.74, 6) is 0.486. The summed E-state index contributed by atoms with van der Waals surface area (Å²) in [6, 6.07) is 6.12. The molecular weight excluding hydrogens is 470 g/mol. The molecule has 0 radical (unpaired) electrons. The minimum Gasteiger partial charge on any atom is -0.444 e. The van der Waals surface area contributed by atoms with Gasteiger partial charge >= 0.3 is 6.09 Å². The number of fused-ring (bicyclic) bond motifs is 1. The zero-order valence-electron chi connectivity index (χ0n) is 22.3. The number of hydrogen-bond acceptors (Lipinski definition) is 9. The summed E-state index contributed by atoms with van der Waals surface area (Å²) in [5.41, 5.74) is 9.78. The Bertz CT molecular complexity index is 1340. The molecule has 4 N–H and O–H groups in total. The molecule has 4 heterocycles. The molecule has 11 nitrogen and oxygen atoms in total. The van der Waals surface area contributed by atoms with Crippen LogP contribution < -0.4 is 16.4 Å². The molecule has 1 amide bonds. The predicted molar refractivity (Wildman–Crippen MR) is 143 cm³/mol. The Labute approximate surface area is 217 Å². The molecular formula is C26H35N9O2. The van der Waals surface area contributed by atoms with Crippen molar-refractivity contribution in [3.63, 3.8) is 0 Å². The molecule has 0 unspecified atom stereocenters. The number of nitrogens with two attached hydrogens (primary N) is 1. The maximum atomic E-state index is 12.5. The molecule has 1 fully saturated rings. The Kier molecular flexibility index (Phi) is 7.12. The van der Waals surface area contributed by atoms with Crippen molar-refractivity contribution in [1.82, 2.24) is 24.4 Å². The zero-order valence-corrected chi connectivity index (χ0v) is 22.3. The van der Waals surface area contributed by atoms with Gasteiger partial charge in [-0.3, -0.25) is 0 Å². The second kappa shape index (κ2) is 10.1. The van der Waals surface area contributed by atoms with Gasteiger partial charge in [-0.25, -0.2) is 14.8 Å². The summed E-state index contributed by atoms with van der Waals surface area (Å²) in [7, 11) is 1.99. The normalized spacial score (nSPS) is 15.3. The second-order valence-corrected chi connectivity index (χ2v) is 10.5. The van der Waals surface area contributed by atoms with E-state index in [0.29, 0.717) is 30.2 Å². The highest BCUT2D eigenvalue weighted by Crippen LogP contribution is 2.31. The van der Waals surface area contributed by atoms with E-state index in [1.54, 1.807) is 11.8 Å². The van der Waals surface area contributed by atoms with Crippen LogP contribution in [0.2, 0.25) is 0 Å². The van der Waals surface area contributed by atoms with Gasteiger partial charge in [0.05, 0.1) is 34.2 Å². The number of hydrogen-bond donors (Lipinski definition) is 3. The van der Waals surface area contributed by atoms with Crippen LogP contribution in [0, 0.1) is 18.3 Å². The lowest BCUT2D eigenvalue weighted by Crippen LogP contribution is -2.44. The van der Waals surface area contributed by atoms with Crippen molar-refractivity contribution in [2.75, 3.05) is 29.5 Å². The van der Waals surface area contributed by atoms with Crippen molar-refractivity contribution < 1.29 is 9.53 Å². The van der Waals surface area contributed by atoms with Crippen LogP contribution >= 0.6 is 0 Å². The number of amides is 1. The second-order valence-electron chi connectivity index (χ2n) is 10.5. The molecule has 1 atom stereocenters. The Hall–Kier alpha value is -4.07. The van der Waals surface area contributed by atoms with E-state index in [1.165, 1.54) is 0 Å². The number of piperidine rings is 1. The zero-order chi connectivity index (χ0) is 26.9. The number of nitriles is 1. The topological polar surface area (TPSA) is 147 Å². The highest BCUT2D eigenvalue weighted by molar-refractivity contribution is 5.81.